The molecule has 2 N–H and O–H groups in total. The number of nitrogens with zero attached hydrogens (tertiary/aromatic N) is 3. The van der Waals surface area contributed by atoms with Gasteiger partial charge in [-0.1, -0.05) is 18.2 Å². The minimum atomic E-state index is -1.19. The number of carbonyl (C=O) groups is 2. The van der Waals surface area contributed by atoms with E-state index in [9.17, 15) is 19.8 Å². The molecule has 1 aliphatic rings. The predicted molar refractivity (Wildman–Crippen MR) is 117 cm³/mol. The zero-order chi connectivity index (χ0) is 22.8. The number of carbonyl (C=O) groups excluding carboxylic acids is 2. The fourth-order valence-corrected chi connectivity index (χ4v) is 4.15. The van der Waals surface area contributed by atoms with Crippen LogP contribution < -0.4 is 4.90 Å². The monoisotopic (exact) mass is 439 g/mol. The lowest BCUT2D eigenvalue weighted by atomic mass is 9.89. The summed E-state index contributed by atoms with van der Waals surface area (Å²) in [6.45, 7) is 2.57. The minimum absolute atomic E-state index is 0.122. The van der Waals surface area contributed by atoms with Gasteiger partial charge in [0.1, 0.15) is 0 Å². The molecule has 0 fully saturated rings. The van der Waals surface area contributed by atoms with E-state index in [1.165, 1.54) is 17.0 Å². The molecule has 2 heterocycles. The smallest absolute Gasteiger partial charge is 0.321 e. The molecule has 0 aliphatic carbocycles. The number of aromatic nitrogens is 2. The third-order valence-corrected chi connectivity index (χ3v) is 5.56. The molecular weight excluding hydrogens is 414 g/mol. The van der Waals surface area contributed by atoms with Crippen molar-refractivity contribution < 1.29 is 29.3 Å². The molecule has 32 heavy (non-hydrogen) atoms. The third-order valence-electron chi connectivity index (χ3n) is 5.56. The van der Waals surface area contributed by atoms with Gasteiger partial charge in [0.15, 0.2) is 17.4 Å². The maximum absolute atomic E-state index is 13.6. The van der Waals surface area contributed by atoms with Gasteiger partial charge in [0.05, 0.1) is 23.7 Å². The fourth-order valence-electron chi connectivity index (χ4n) is 4.15. The van der Waals surface area contributed by atoms with Crippen LogP contribution in [0.3, 0.4) is 0 Å². The molecule has 2 aromatic carbocycles. The average molecular weight is 439 g/mol. The first-order valence-corrected chi connectivity index (χ1v) is 10.4. The lowest BCUT2D eigenvalue weighted by molar-refractivity contribution is -0.153. The van der Waals surface area contributed by atoms with Gasteiger partial charge in [0.25, 0.3) is 0 Å². The number of anilines is 1. The molecule has 0 bridgehead atoms. The number of esters is 1. The van der Waals surface area contributed by atoms with Gasteiger partial charge in [-0.15, -0.1) is 0 Å². The summed E-state index contributed by atoms with van der Waals surface area (Å²) < 4.78 is 12.2. The SMILES string of the molecule is CCOC(=O)[C@H]1C(=O)N(CCCOC)c2nc3ccccc3n2[C@@H]1c1ccc(O)c(O)c1. The van der Waals surface area contributed by atoms with Gasteiger partial charge in [-0.2, -0.15) is 0 Å². The van der Waals surface area contributed by atoms with Gasteiger partial charge in [-0.25, -0.2) is 4.98 Å². The quantitative estimate of drug-likeness (QED) is 0.252. The molecule has 2 atom stereocenters. The third kappa shape index (κ3) is 3.64. The van der Waals surface area contributed by atoms with Gasteiger partial charge < -0.3 is 24.3 Å². The molecule has 0 spiro atoms. The van der Waals surface area contributed by atoms with Crippen LogP contribution in [0.5, 0.6) is 11.5 Å². The minimum Gasteiger partial charge on any atom is -0.504 e. The summed E-state index contributed by atoms with van der Waals surface area (Å²) in [5.41, 5.74) is 1.89. The Labute approximate surface area is 184 Å². The van der Waals surface area contributed by atoms with Crippen LogP contribution in [-0.2, 0) is 19.1 Å². The number of phenols is 2. The first kappa shape index (κ1) is 21.6. The second kappa shape index (κ2) is 8.88. The lowest BCUT2D eigenvalue weighted by Crippen LogP contribution is -2.50. The van der Waals surface area contributed by atoms with E-state index in [-0.39, 0.29) is 18.1 Å². The maximum Gasteiger partial charge on any atom is 0.321 e. The number of para-hydroxylation sites is 2. The number of fused-ring (bicyclic) bond motifs is 3. The number of ether oxygens (including phenoxy) is 2. The molecule has 0 unspecified atom stereocenters. The van der Waals surface area contributed by atoms with E-state index in [2.05, 4.69) is 4.98 Å². The van der Waals surface area contributed by atoms with Crippen molar-refractivity contribution in [1.82, 2.24) is 9.55 Å². The summed E-state index contributed by atoms with van der Waals surface area (Å²) in [5, 5.41) is 19.9. The summed E-state index contributed by atoms with van der Waals surface area (Å²) in [6.07, 6.45) is 0.561. The van der Waals surface area contributed by atoms with Crippen LogP contribution in [0.1, 0.15) is 24.9 Å². The van der Waals surface area contributed by atoms with E-state index in [1.54, 1.807) is 20.1 Å². The molecule has 0 saturated heterocycles. The van der Waals surface area contributed by atoms with Crippen LogP contribution in [-0.4, -0.2) is 58.5 Å². The number of benzene rings is 2. The molecule has 0 radical (unpaired) electrons. The van der Waals surface area contributed by atoms with Crippen molar-refractivity contribution in [2.45, 2.75) is 19.4 Å². The second-order valence-corrected chi connectivity index (χ2v) is 7.53. The highest BCUT2D eigenvalue weighted by molar-refractivity contribution is 6.08. The Morgan fingerprint density at radius 1 is 1.16 bits per heavy atom. The topological polar surface area (TPSA) is 114 Å². The standard InChI is InChI=1S/C23H25N3O6/c1-3-32-22(30)19-20(14-9-10-17(27)18(28)13-14)26-16-8-5-4-7-15(16)24-23(26)25(21(19)29)11-6-12-31-2/h4-5,7-10,13,19-20,27-28H,3,6,11-12H2,1-2H3/t19-,20-/m1/s1. The van der Waals surface area contributed by atoms with Gasteiger partial charge in [0.2, 0.25) is 11.9 Å². The van der Waals surface area contributed by atoms with Crippen LogP contribution in [0, 0.1) is 5.92 Å². The molecule has 1 aromatic heterocycles. The van der Waals surface area contributed by atoms with E-state index >= 15 is 0 Å². The second-order valence-electron chi connectivity index (χ2n) is 7.53. The van der Waals surface area contributed by atoms with Crippen molar-refractivity contribution in [3.63, 3.8) is 0 Å². The lowest BCUT2D eigenvalue weighted by Gasteiger charge is -2.38. The van der Waals surface area contributed by atoms with Crippen LogP contribution in [0.25, 0.3) is 11.0 Å². The number of rotatable bonds is 7. The van der Waals surface area contributed by atoms with E-state index in [1.807, 2.05) is 28.8 Å². The van der Waals surface area contributed by atoms with Crippen molar-refractivity contribution >= 4 is 28.9 Å². The fraction of sp³-hybridized carbons (Fsp3) is 0.348. The number of methoxy groups -OCH3 is 1. The number of hydrogen-bond donors (Lipinski definition) is 2. The normalized spacial score (nSPS) is 18.1. The number of phenolic OH excluding ortho intramolecular Hbond substituents is 2. The van der Waals surface area contributed by atoms with Gasteiger partial charge in [-0.05, 0) is 43.2 Å². The van der Waals surface area contributed by atoms with E-state index in [0.29, 0.717) is 36.6 Å². The zero-order valence-corrected chi connectivity index (χ0v) is 17.9. The first-order chi connectivity index (χ1) is 15.5. The summed E-state index contributed by atoms with van der Waals surface area (Å²) in [5.74, 6) is -2.50. The Morgan fingerprint density at radius 2 is 1.94 bits per heavy atom. The molecule has 9 nitrogen and oxygen atoms in total. The molecule has 0 saturated carbocycles. The van der Waals surface area contributed by atoms with Crippen molar-refractivity contribution in [3.05, 3.63) is 48.0 Å². The van der Waals surface area contributed by atoms with Gasteiger partial charge >= 0.3 is 5.97 Å². The Balaban J connectivity index is 1.95. The molecule has 9 heteroatoms. The van der Waals surface area contributed by atoms with Gasteiger partial charge in [-0.3, -0.25) is 14.5 Å². The van der Waals surface area contributed by atoms with Crippen molar-refractivity contribution in [2.75, 3.05) is 31.8 Å². The van der Waals surface area contributed by atoms with Crippen LogP contribution in [0.15, 0.2) is 42.5 Å². The number of hydrogen-bond acceptors (Lipinski definition) is 7. The van der Waals surface area contributed by atoms with E-state index in [0.717, 1.165) is 5.52 Å². The van der Waals surface area contributed by atoms with Crippen LogP contribution >= 0.6 is 0 Å². The summed E-state index contributed by atoms with van der Waals surface area (Å²) in [7, 11) is 1.59. The summed E-state index contributed by atoms with van der Waals surface area (Å²) in [6, 6.07) is 10.9. The molecule has 3 aromatic rings. The Kier molecular flexibility index (Phi) is 6.00. The average Bonchev–Trinajstić information content (AvgIpc) is 3.16. The number of amides is 1. The van der Waals surface area contributed by atoms with Crippen molar-refractivity contribution in [2.24, 2.45) is 5.92 Å². The van der Waals surface area contributed by atoms with Crippen LogP contribution in [0.4, 0.5) is 5.95 Å². The zero-order valence-electron chi connectivity index (χ0n) is 17.9. The first-order valence-electron chi connectivity index (χ1n) is 10.4. The van der Waals surface area contributed by atoms with E-state index in [4.69, 9.17) is 9.47 Å². The summed E-state index contributed by atoms with van der Waals surface area (Å²) in [4.78, 5) is 32.9. The molecule has 168 valence electrons. The highest BCUT2D eigenvalue weighted by atomic mass is 16.5. The Morgan fingerprint density at radius 3 is 2.66 bits per heavy atom. The Hall–Kier alpha value is -3.59. The van der Waals surface area contributed by atoms with Gasteiger partial charge in [0, 0.05) is 20.3 Å². The Bertz CT molecular complexity index is 1160. The molecule has 1 amide bonds. The maximum atomic E-state index is 13.6. The highest BCUT2D eigenvalue weighted by Crippen LogP contribution is 2.42. The number of aromatic hydroxyl groups is 2. The van der Waals surface area contributed by atoms with Crippen LogP contribution in [0.2, 0.25) is 0 Å². The molecular formula is C23H25N3O6. The summed E-state index contributed by atoms with van der Waals surface area (Å²) >= 11 is 0. The van der Waals surface area contributed by atoms with Crippen molar-refractivity contribution in [3.8, 4) is 11.5 Å². The molecule has 1 aliphatic heterocycles. The highest BCUT2D eigenvalue weighted by Gasteiger charge is 2.47. The van der Waals surface area contributed by atoms with E-state index < -0.39 is 23.8 Å². The number of imidazole rings is 1. The van der Waals surface area contributed by atoms with Crippen molar-refractivity contribution in [1.29, 1.82) is 0 Å². The predicted octanol–water partition coefficient (Wildman–Crippen LogP) is 2.60. The largest absolute Gasteiger partial charge is 0.504 e. The molecule has 4 rings (SSSR count).